The Balaban J connectivity index is 0. The van der Waals surface area contributed by atoms with Crippen LogP contribution in [0.25, 0.3) is 0 Å². The Morgan fingerprint density at radius 1 is 1.29 bits per heavy atom. The summed E-state index contributed by atoms with van der Waals surface area (Å²) in [5, 5.41) is 0. The summed E-state index contributed by atoms with van der Waals surface area (Å²) in [6.07, 6.45) is 5.22. The molecule has 0 bridgehead atoms. The lowest BCUT2D eigenvalue weighted by atomic mass is 10.5. The first-order valence-corrected chi connectivity index (χ1v) is 1.64. The minimum atomic E-state index is 0. The van der Waals surface area contributed by atoms with E-state index < -0.39 is 0 Å². The van der Waals surface area contributed by atoms with Gasteiger partial charge < -0.3 is 0 Å². The molecule has 0 aliphatic rings. The third-order valence-electron chi connectivity index (χ3n) is 0.326. The Kier molecular flexibility index (Phi) is 12.5. The van der Waals surface area contributed by atoms with Crippen LogP contribution < -0.4 is 0 Å². The fraction of sp³-hybridized carbons (Fsp3) is 0. The monoisotopic (exact) mass is 118 g/mol. The number of rotatable bonds is 2. The summed E-state index contributed by atoms with van der Waals surface area (Å²) in [6.45, 7) is 3.35. The highest BCUT2D eigenvalue weighted by molar-refractivity contribution is 5.85. The van der Waals surface area contributed by atoms with Crippen LogP contribution in [-0.2, 0) is 4.79 Å². The fourth-order valence-electron chi connectivity index (χ4n) is 0.124. The van der Waals surface area contributed by atoms with Crippen LogP contribution >= 0.6 is 12.4 Å². The quantitative estimate of drug-likeness (QED) is 0.304. The highest BCUT2D eigenvalue weighted by atomic mass is 35.5. The molecule has 0 aromatic heterocycles. The Labute approximate surface area is 49.1 Å². The molecule has 0 atom stereocenters. The van der Waals surface area contributed by atoms with E-state index in [1.165, 1.54) is 6.08 Å². The number of halogens is 1. The molecular formula is C5H7ClO. The van der Waals surface area contributed by atoms with Crippen LogP contribution in [0.5, 0.6) is 0 Å². The van der Waals surface area contributed by atoms with E-state index >= 15 is 0 Å². The molecule has 2 heteroatoms. The molecule has 0 fully saturated rings. The van der Waals surface area contributed by atoms with Crippen LogP contribution in [0.3, 0.4) is 0 Å². The average Bonchev–Trinajstić information content (AvgIpc) is 1.61. The summed E-state index contributed by atoms with van der Waals surface area (Å²) < 4.78 is 0. The van der Waals surface area contributed by atoms with Gasteiger partial charge in [0.1, 0.15) is 6.29 Å². The van der Waals surface area contributed by atoms with Gasteiger partial charge in [0.05, 0.1) is 0 Å². The summed E-state index contributed by atoms with van der Waals surface area (Å²) in [7, 11) is 0. The average molecular weight is 119 g/mol. The van der Waals surface area contributed by atoms with Gasteiger partial charge in [-0.2, -0.15) is 0 Å². The fourth-order valence-corrected chi connectivity index (χ4v) is 0.124. The number of hydrogen-bond donors (Lipinski definition) is 0. The second-order valence-electron chi connectivity index (χ2n) is 0.757. The largest absolute Gasteiger partial charge is 0.299 e. The SMILES string of the molecule is C=CC=CC=O.Cl. The molecule has 0 unspecified atom stereocenters. The Morgan fingerprint density at radius 2 is 1.86 bits per heavy atom. The number of hydrogen-bond acceptors (Lipinski definition) is 1. The van der Waals surface area contributed by atoms with Crippen molar-refractivity contribution in [2.45, 2.75) is 0 Å². The van der Waals surface area contributed by atoms with Crippen molar-refractivity contribution < 1.29 is 4.79 Å². The van der Waals surface area contributed by atoms with Gasteiger partial charge in [0.25, 0.3) is 0 Å². The van der Waals surface area contributed by atoms with Crippen molar-refractivity contribution in [1.82, 2.24) is 0 Å². The zero-order valence-corrected chi connectivity index (χ0v) is 4.65. The van der Waals surface area contributed by atoms with Crippen molar-refractivity contribution in [3.8, 4) is 0 Å². The van der Waals surface area contributed by atoms with E-state index in [1.54, 1.807) is 12.2 Å². The molecule has 0 saturated carbocycles. The molecular weight excluding hydrogens is 112 g/mol. The smallest absolute Gasteiger partial charge is 0.142 e. The van der Waals surface area contributed by atoms with E-state index in [4.69, 9.17) is 0 Å². The summed E-state index contributed by atoms with van der Waals surface area (Å²) in [5.74, 6) is 0. The highest BCUT2D eigenvalue weighted by Crippen LogP contribution is 1.63. The van der Waals surface area contributed by atoms with Crippen molar-refractivity contribution in [2.24, 2.45) is 0 Å². The van der Waals surface area contributed by atoms with Crippen molar-refractivity contribution >= 4 is 18.7 Å². The van der Waals surface area contributed by atoms with Gasteiger partial charge in [-0.25, -0.2) is 0 Å². The van der Waals surface area contributed by atoms with E-state index in [0.29, 0.717) is 6.29 Å². The van der Waals surface area contributed by atoms with E-state index in [1.807, 2.05) is 0 Å². The topological polar surface area (TPSA) is 17.1 Å². The maximum atomic E-state index is 9.43. The summed E-state index contributed by atoms with van der Waals surface area (Å²) >= 11 is 0. The molecule has 0 aliphatic heterocycles. The van der Waals surface area contributed by atoms with Gasteiger partial charge in [-0.15, -0.1) is 12.4 Å². The molecule has 0 aromatic carbocycles. The Bertz CT molecular complexity index is 66.1. The third kappa shape index (κ3) is 10.8. The normalized spacial score (nSPS) is 7.43. The Morgan fingerprint density at radius 3 is 2.00 bits per heavy atom. The molecule has 40 valence electrons. The lowest BCUT2D eigenvalue weighted by Crippen LogP contribution is -1.52. The van der Waals surface area contributed by atoms with Crippen LogP contribution in [0.15, 0.2) is 24.8 Å². The van der Waals surface area contributed by atoms with Gasteiger partial charge in [-0.1, -0.05) is 18.7 Å². The van der Waals surface area contributed by atoms with Crippen LogP contribution in [0.4, 0.5) is 0 Å². The van der Waals surface area contributed by atoms with Crippen LogP contribution in [-0.4, -0.2) is 6.29 Å². The lowest BCUT2D eigenvalue weighted by molar-refractivity contribution is -0.104. The van der Waals surface area contributed by atoms with Gasteiger partial charge in [0.15, 0.2) is 0 Å². The molecule has 0 N–H and O–H groups in total. The van der Waals surface area contributed by atoms with Crippen LogP contribution in [0, 0.1) is 0 Å². The van der Waals surface area contributed by atoms with Crippen LogP contribution in [0.1, 0.15) is 0 Å². The van der Waals surface area contributed by atoms with Gasteiger partial charge >= 0.3 is 0 Å². The molecule has 0 heterocycles. The first-order chi connectivity index (χ1) is 2.91. The number of aldehydes is 1. The molecule has 0 rings (SSSR count). The summed E-state index contributed by atoms with van der Waals surface area (Å²) in [4.78, 5) is 9.43. The molecule has 7 heavy (non-hydrogen) atoms. The minimum Gasteiger partial charge on any atom is -0.299 e. The van der Waals surface area contributed by atoms with Gasteiger partial charge in [-0.3, -0.25) is 4.79 Å². The van der Waals surface area contributed by atoms with Crippen molar-refractivity contribution in [1.29, 1.82) is 0 Å². The second-order valence-corrected chi connectivity index (χ2v) is 0.757. The van der Waals surface area contributed by atoms with E-state index in [0.717, 1.165) is 0 Å². The maximum absolute atomic E-state index is 9.43. The lowest BCUT2D eigenvalue weighted by Gasteiger charge is -1.56. The molecule has 1 nitrogen and oxygen atoms in total. The zero-order valence-electron chi connectivity index (χ0n) is 3.83. The maximum Gasteiger partial charge on any atom is 0.142 e. The van der Waals surface area contributed by atoms with Gasteiger partial charge in [0.2, 0.25) is 0 Å². The molecule has 0 aromatic rings. The van der Waals surface area contributed by atoms with Crippen molar-refractivity contribution in [3.63, 3.8) is 0 Å². The van der Waals surface area contributed by atoms with E-state index in [2.05, 4.69) is 6.58 Å². The second kappa shape index (κ2) is 9.06. The van der Waals surface area contributed by atoms with E-state index in [-0.39, 0.29) is 12.4 Å². The van der Waals surface area contributed by atoms with E-state index in [9.17, 15) is 4.79 Å². The first-order valence-electron chi connectivity index (χ1n) is 1.64. The summed E-state index contributed by atoms with van der Waals surface area (Å²) in [6, 6.07) is 0. The Hall–Kier alpha value is -0.560. The predicted octanol–water partition coefficient (Wildman–Crippen LogP) is 1.35. The zero-order chi connectivity index (χ0) is 4.83. The predicted molar refractivity (Wildman–Crippen MR) is 32.6 cm³/mol. The molecule has 0 saturated heterocycles. The number of allylic oxidation sites excluding steroid dienone is 3. The third-order valence-corrected chi connectivity index (χ3v) is 0.326. The summed E-state index contributed by atoms with van der Waals surface area (Å²) in [5.41, 5.74) is 0. The van der Waals surface area contributed by atoms with Crippen molar-refractivity contribution in [3.05, 3.63) is 24.8 Å². The molecule has 0 radical (unpaired) electrons. The van der Waals surface area contributed by atoms with Gasteiger partial charge in [0, 0.05) is 0 Å². The van der Waals surface area contributed by atoms with Crippen molar-refractivity contribution in [2.75, 3.05) is 0 Å². The molecule has 0 aliphatic carbocycles. The van der Waals surface area contributed by atoms with Gasteiger partial charge in [-0.05, 0) is 6.08 Å². The standard InChI is InChI=1S/C5H6O.ClH/c1-2-3-4-5-6;/h2-5H,1H2;1H. The minimum absolute atomic E-state index is 0. The molecule has 0 spiro atoms. The first kappa shape index (κ1) is 9.67. The highest BCUT2D eigenvalue weighted by Gasteiger charge is 1.52. The molecule has 0 amide bonds. The number of carbonyl (C=O) groups excluding carboxylic acids is 1. The number of carbonyl (C=O) groups is 1. The van der Waals surface area contributed by atoms with Crippen LogP contribution in [0.2, 0.25) is 0 Å².